The summed E-state index contributed by atoms with van der Waals surface area (Å²) in [6.45, 7) is 9.27. The molecule has 0 heterocycles. The fourth-order valence-electron chi connectivity index (χ4n) is 1.77. The highest BCUT2D eigenvalue weighted by molar-refractivity contribution is 8.13. The van der Waals surface area contributed by atoms with E-state index in [4.69, 9.17) is 10.7 Å². The Balaban J connectivity index is 3.35. The fraction of sp³-hybridized carbons (Fsp3) is 0.357. The fourth-order valence-corrected chi connectivity index (χ4v) is 2.56. The van der Waals surface area contributed by atoms with Crippen molar-refractivity contribution in [3.63, 3.8) is 0 Å². The molecule has 1 amide bonds. The van der Waals surface area contributed by atoms with E-state index < -0.39 is 31.2 Å². The molecule has 0 saturated carbocycles. The number of amides is 1. The molecule has 1 aromatic carbocycles. The SMILES string of the molecule is C=CCN(C(=O)c1cc(F)cc(S(=O)(=O)Cl)c1)C(C)(C)C. The van der Waals surface area contributed by atoms with Crippen LogP contribution in [-0.4, -0.2) is 31.3 Å². The Hall–Kier alpha value is -1.40. The molecule has 0 aliphatic carbocycles. The highest BCUT2D eigenvalue weighted by Crippen LogP contribution is 2.22. The van der Waals surface area contributed by atoms with Gasteiger partial charge in [0, 0.05) is 28.3 Å². The molecule has 4 nitrogen and oxygen atoms in total. The summed E-state index contributed by atoms with van der Waals surface area (Å²) in [7, 11) is 1.09. The van der Waals surface area contributed by atoms with E-state index in [1.807, 2.05) is 20.8 Å². The molecule has 0 aromatic heterocycles. The van der Waals surface area contributed by atoms with Crippen molar-refractivity contribution in [2.75, 3.05) is 6.54 Å². The molecule has 0 bridgehead atoms. The van der Waals surface area contributed by atoms with Crippen molar-refractivity contribution in [3.05, 3.63) is 42.2 Å². The van der Waals surface area contributed by atoms with Crippen LogP contribution in [0, 0.1) is 5.82 Å². The van der Waals surface area contributed by atoms with Gasteiger partial charge in [-0.25, -0.2) is 12.8 Å². The summed E-state index contributed by atoms with van der Waals surface area (Å²) in [5, 5.41) is 0. The van der Waals surface area contributed by atoms with Gasteiger partial charge in [-0.1, -0.05) is 6.08 Å². The van der Waals surface area contributed by atoms with Crippen molar-refractivity contribution < 1.29 is 17.6 Å². The van der Waals surface area contributed by atoms with Gasteiger partial charge in [0.1, 0.15) is 5.82 Å². The number of carbonyl (C=O) groups excluding carboxylic acids is 1. The maximum Gasteiger partial charge on any atom is 0.261 e. The maximum atomic E-state index is 13.6. The number of halogens is 2. The number of hydrogen-bond donors (Lipinski definition) is 0. The molecule has 1 aromatic rings. The molecule has 116 valence electrons. The third-order valence-corrected chi connectivity index (χ3v) is 4.10. The predicted octanol–water partition coefficient (Wildman–Crippen LogP) is 3.18. The van der Waals surface area contributed by atoms with Crippen molar-refractivity contribution in [2.45, 2.75) is 31.2 Å². The van der Waals surface area contributed by atoms with Crippen molar-refractivity contribution >= 4 is 25.6 Å². The summed E-state index contributed by atoms with van der Waals surface area (Å²) in [5.74, 6) is -1.34. The Bertz CT molecular complexity index is 665. The standard InChI is InChI=1S/C14H17ClFNO3S/c1-5-6-17(14(2,3)4)13(18)10-7-11(16)9-12(8-10)21(15,19)20/h5,7-9H,1,6H2,2-4H3. The third kappa shape index (κ3) is 4.54. The Morgan fingerprint density at radius 3 is 2.38 bits per heavy atom. The van der Waals surface area contributed by atoms with E-state index in [2.05, 4.69) is 6.58 Å². The van der Waals surface area contributed by atoms with E-state index in [-0.39, 0.29) is 12.1 Å². The Morgan fingerprint density at radius 2 is 1.95 bits per heavy atom. The van der Waals surface area contributed by atoms with Gasteiger partial charge >= 0.3 is 0 Å². The zero-order valence-electron chi connectivity index (χ0n) is 12.1. The molecule has 0 N–H and O–H groups in total. The largest absolute Gasteiger partial charge is 0.330 e. The van der Waals surface area contributed by atoms with E-state index in [0.29, 0.717) is 0 Å². The zero-order valence-corrected chi connectivity index (χ0v) is 13.6. The van der Waals surface area contributed by atoms with Crippen molar-refractivity contribution in [1.82, 2.24) is 4.90 Å². The van der Waals surface area contributed by atoms with Crippen LogP contribution >= 0.6 is 10.7 Å². The quantitative estimate of drug-likeness (QED) is 0.628. The Kier molecular flexibility index (Phi) is 5.17. The van der Waals surface area contributed by atoms with Crippen LogP contribution in [0.15, 0.2) is 35.7 Å². The molecule has 1 rings (SSSR count). The average molecular weight is 334 g/mol. The van der Waals surface area contributed by atoms with Crippen LogP contribution in [0.2, 0.25) is 0 Å². The van der Waals surface area contributed by atoms with E-state index in [0.717, 1.165) is 18.2 Å². The number of benzene rings is 1. The van der Waals surface area contributed by atoms with Gasteiger partial charge in [0.2, 0.25) is 0 Å². The summed E-state index contributed by atoms with van der Waals surface area (Å²) in [4.78, 5) is 13.5. The first kappa shape index (κ1) is 17.7. The third-order valence-electron chi connectivity index (χ3n) is 2.77. The summed E-state index contributed by atoms with van der Waals surface area (Å²) in [6.07, 6.45) is 1.54. The molecule has 0 atom stereocenters. The topological polar surface area (TPSA) is 54.5 Å². The van der Waals surface area contributed by atoms with E-state index in [1.165, 1.54) is 4.90 Å². The van der Waals surface area contributed by atoms with Crippen LogP contribution in [-0.2, 0) is 9.05 Å². The van der Waals surface area contributed by atoms with Gasteiger partial charge in [-0.3, -0.25) is 4.79 Å². The van der Waals surface area contributed by atoms with Crippen molar-refractivity contribution in [1.29, 1.82) is 0 Å². The molecule has 0 saturated heterocycles. The molecule has 0 radical (unpaired) electrons. The highest BCUT2D eigenvalue weighted by Gasteiger charge is 2.27. The van der Waals surface area contributed by atoms with E-state index in [9.17, 15) is 17.6 Å². The van der Waals surface area contributed by atoms with Crippen molar-refractivity contribution in [3.8, 4) is 0 Å². The van der Waals surface area contributed by atoms with Gasteiger partial charge in [-0.05, 0) is 39.0 Å². The second kappa shape index (κ2) is 6.15. The minimum atomic E-state index is -4.11. The first-order chi connectivity index (χ1) is 9.46. The average Bonchev–Trinajstić information content (AvgIpc) is 2.32. The van der Waals surface area contributed by atoms with Gasteiger partial charge in [-0.2, -0.15) is 0 Å². The van der Waals surface area contributed by atoms with Crippen LogP contribution in [0.5, 0.6) is 0 Å². The molecular weight excluding hydrogens is 317 g/mol. The molecule has 0 aliphatic rings. The summed E-state index contributed by atoms with van der Waals surface area (Å²) in [5.41, 5.74) is -0.608. The lowest BCUT2D eigenvalue weighted by Crippen LogP contribution is -2.45. The second-order valence-corrected chi connectivity index (χ2v) is 8.05. The molecule has 0 fully saturated rings. The predicted molar refractivity (Wildman–Crippen MR) is 80.4 cm³/mol. The smallest absolute Gasteiger partial charge is 0.261 e. The lowest BCUT2D eigenvalue weighted by molar-refractivity contribution is 0.0616. The first-order valence-corrected chi connectivity index (χ1v) is 8.46. The van der Waals surface area contributed by atoms with E-state index >= 15 is 0 Å². The van der Waals surface area contributed by atoms with Crippen LogP contribution in [0.25, 0.3) is 0 Å². The number of rotatable bonds is 4. The molecule has 0 unspecified atom stereocenters. The maximum absolute atomic E-state index is 13.6. The van der Waals surface area contributed by atoms with Crippen LogP contribution in [0.4, 0.5) is 4.39 Å². The Morgan fingerprint density at radius 1 is 1.38 bits per heavy atom. The molecular formula is C14H17ClFNO3S. The van der Waals surface area contributed by atoms with Crippen LogP contribution in [0.3, 0.4) is 0 Å². The Labute approximate surface area is 128 Å². The second-order valence-electron chi connectivity index (χ2n) is 5.49. The van der Waals surface area contributed by atoms with Crippen LogP contribution in [0.1, 0.15) is 31.1 Å². The molecule has 21 heavy (non-hydrogen) atoms. The summed E-state index contributed by atoms with van der Waals surface area (Å²) in [6, 6.07) is 2.82. The molecule has 0 spiro atoms. The summed E-state index contributed by atoms with van der Waals surface area (Å²) >= 11 is 0. The first-order valence-electron chi connectivity index (χ1n) is 6.15. The normalized spacial score (nSPS) is 12.0. The van der Waals surface area contributed by atoms with Gasteiger partial charge in [-0.15, -0.1) is 6.58 Å². The van der Waals surface area contributed by atoms with Gasteiger partial charge in [0.15, 0.2) is 0 Å². The monoisotopic (exact) mass is 333 g/mol. The molecule has 7 heteroatoms. The number of hydrogen-bond acceptors (Lipinski definition) is 3. The van der Waals surface area contributed by atoms with Crippen molar-refractivity contribution in [2.24, 2.45) is 0 Å². The highest BCUT2D eigenvalue weighted by atomic mass is 35.7. The van der Waals surface area contributed by atoms with E-state index in [1.54, 1.807) is 6.08 Å². The minimum absolute atomic E-state index is 0.0778. The van der Waals surface area contributed by atoms with Gasteiger partial charge in [0.05, 0.1) is 4.90 Å². The number of nitrogens with zero attached hydrogens (tertiary/aromatic N) is 1. The van der Waals surface area contributed by atoms with Crippen LogP contribution < -0.4 is 0 Å². The lowest BCUT2D eigenvalue weighted by atomic mass is 10.0. The lowest BCUT2D eigenvalue weighted by Gasteiger charge is -2.35. The summed E-state index contributed by atoms with van der Waals surface area (Å²) < 4.78 is 36.2. The van der Waals surface area contributed by atoms with Gasteiger partial charge < -0.3 is 4.90 Å². The number of carbonyl (C=O) groups is 1. The van der Waals surface area contributed by atoms with Gasteiger partial charge in [0.25, 0.3) is 15.0 Å². The minimum Gasteiger partial charge on any atom is -0.330 e. The zero-order chi connectivity index (χ0) is 16.4. The molecule has 0 aliphatic heterocycles.